The third-order valence-corrected chi connectivity index (χ3v) is 18.1. The van der Waals surface area contributed by atoms with Crippen LogP contribution in [-0.4, -0.2) is 0 Å². The van der Waals surface area contributed by atoms with Crippen LogP contribution in [0, 0.1) is 68.0 Å². The topological polar surface area (TPSA) is 0 Å². The molecule has 3 aliphatic rings. The van der Waals surface area contributed by atoms with Crippen LogP contribution in [0.15, 0.2) is 132 Å². The SMILES string of the molecule is C=CC1CC=C(F)C=C1c1cc(CC)cc(-c2c3c(cc4cc(C)ccc24)CC(S)=C3)c1C.CC.CC.CC.CC.CC.CC(C)CC(C)C.CCC/C(C)=C\C1CC=c2cc(C)ccc2=C1c1cc(C(C)(C)CC(C)(C)C)cc(-c2cc(F)ccc2C)c1CC.CCCC(C)(C)C. The maximum absolute atomic E-state index is 14.8. The lowest BCUT2D eigenvalue weighted by molar-refractivity contribution is 0.284. The number of thiol groups is 1. The maximum Gasteiger partial charge on any atom is 0.123 e. The standard InChI is InChI=1S/C40H51F.C31H29FS.2C7H16.5C2H6/c1-11-13-26(3)21-30-17-16-29-20-27(4)14-19-34(29)38(30)37-23-31(40(9,10)25-39(6,7)8)22-36(33(37)12-2)35-24-32(41)18-15-28(35)5;1-5-20-12-27(29-16-24(32)9-8-21(29)6-2)19(4)28(13-20)31-26-10-7-18(3)11-22(26)14-23-15-25(33)17-30(23)31;1-6(2)5-7(3)4;1-5-6-7(2,3)4;5*1-2/h14-16,18-24,30H,11-13,17,25H2,1-10H3;6-7,9-14,16-17,21,33H,2,5,8,15H2,1,3-4H3;6-7H,5H2,1-4H3;5-6H2,1-4H3;5*1-2H3/b26-21-;;;;;;;;. The first-order valence-electron chi connectivity index (χ1n) is 38.5. The normalized spacial score (nSPS) is 14.6. The van der Waals surface area contributed by atoms with E-state index < -0.39 is 0 Å². The number of fused-ring (bicyclic) bond motifs is 3. The van der Waals surface area contributed by atoms with Crippen LogP contribution in [0.4, 0.5) is 8.78 Å². The van der Waals surface area contributed by atoms with Crippen LogP contribution in [-0.2, 0) is 24.7 Å². The summed E-state index contributed by atoms with van der Waals surface area (Å²) in [7, 11) is 0. The van der Waals surface area contributed by atoms with Crippen LogP contribution in [0.25, 0.3) is 56.3 Å². The second-order valence-corrected chi connectivity index (χ2v) is 30.5. The van der Waals surface area contributed by atoms with Gasteiger partial charge in [0.25, 0.3) is 0 Å². The van der Waals surface area contributed by atoms with E-state index in [1.165, 1.54) is 118 Å². The van der Waals surface area contributed by atoms with Gasteiger partial charge in [-0.25, -0.2) is 8.78 Å². The Balaban J connectivity index is 0.000000747. The number of hydrogen-bond donors (Lipinski definition) is 1. The van der Waals surface area contributed by atoms with E-state index in [1.54, 1.807) is 24.3 Å². The molecule has 98 heavy (non-hydrogen) atoms. The van der Waals surface area contributed by atoms with Gasteiger partial charge in [0.15, 0.2) is 0 Å². The van der Waals surface area contributed by atoms with E-state index in [9.17, 15) is 8.78 Å². The van der Waals surface area contributed by atoms with Crippen molar-refractivity contribution in [3.05, 3.63) is 210 Å². The molecule has 2 atom stereocenters. The van der Waals surface area contributed by atoms with Crippen molar-refractivity contribution in [1.29, 1.82) is 0 Å². The zero-order valence-electron chi connectivity index (χ0n) is 68.5. The molecule has 0 saturated carbocycles. The molecule has 0 spiro atoms. The molecule has 3 heteroatoms. The van der Waals surface area contributed by atoms with Crippen LogP contribution in [0.5, 0.6) is 0 Å². The first-order chi connectivity index (χ1) is 46.3. The molecule has 0 heterocycles. The molecule has 0 radical (unpaired) electrons. The summed E-state index contributed by atoms with van der Waals surface area (Å²) in [6, 6.07) is 30.7. The first-order valence-corrected chi connectivity index (χ1v) is 39.0. The molecule has 0 N–H and O–H groups in total. The highest BCUT2D eigenvalue weighted by molar-refractivity contribution is 7.84. The van der Waals surface area contributed by atoms with E-state index in [4.69, 9.17) is 12.6 Å². The number of halogens is 2. The number of benzene rings is 6. The predicted octanol–water partition coefficient (Wildman–Crippen LogP) is 29.7. The number of rotatable bonds is 15. The molecule has 6 aromatic carbocycles. The van der Waals surface area contributed by atoms with Gasteiger partial charge in [-0.3, -0.25) is 0 Å². The lowest BCUT2D eigenvalue weighted by atomic mass is 9.70. The van der Waals surface area contributed by atoms with Gasteiger partial charge in [0, 0.05) is 18.3 Å². The minimum absolute atomic E-state index is 0.0455. The zero-order valence-corrected chi connectivity index (χ0v) is 69.4. The summed E-state index contributed by atoms with van der Waals surface area (Å²) in [5, 5.41) is 5.19. The van der Waals surface area contributed by atoms with Gasteiger partial charge in [-0.2, -0.15) is 0 Å². The summed E-state index contributed by atoms with van der Waals surface area (Å²) in [5.41, 5.74) is 23.1. The van der Waals surface area contributed by atoms with E-state index >= 15 is 0 Å². The van der Waals surface area contributed by atoms with Gasteiger partial charge < -0.3 is 0 Å². The van der Waals surface area contributed by atoms with Crippen molar-refractivity contribution in [1.82, 2.24) is 0 Å². The summed E-state index contributed by atoms with van der Waals surface area (Å²) in [6.45, 7) is 71.5. The minimum Gasteiger partial charge on any atom is -0.207 e. The highest BCUT2D eigenvalue weighted by atomic mass is 32.1. The highest BCUT2D eigenvalue weighted by Crippen LogP contribution is 2.47. The van der Waals surface area contributed by atoms with Crippen molar-refractivity contribution >= 4 is 46.7 Å². The number of hydrogen-bond acceptors (Lipinski definition) is 1. The average molecular weight is 1350 g/mol. The van der Waals surface area contributed by atoms with Crippen LogP contribution >= 0.6 is 12.6 Å². The quantitative estimate of drug-likeness (QED) is 0.0769. The molecule has 2 unspecified atom stereocenters. The van der Waals surface area contributed by atoms with Crippen molar-refractivity contribution in [2.45, 2.75) is 291 Å². The molecule has 542 valence electrons. The van der Waals surface area contributed by atoms with Crippen molar-refractivity contribution in [2.24, 2.45) is 34.5 Å². The van der Waals surface area contributed by atoms with Gasteiger partial charge in [0.2, 0.25) is 0 Å². The van der Waals surface area contributed by atoms with Crippen LogP contribution in [0.1, 0.15) is 300 Å². The van der Waals surface area contributed by atoms with Crippen molar-refractivity contribution in [3.8, 4) is 22.3 Å². The van der Waals surface area contributed by atoms with Crippen LogP contribution in [0.2, 0.25) is 0 Å². The fraction of sp³-hybridized carbons (Fsp3) is 0.516. The van der Waals surface area contributed by atoms with Gasteiger partial charge in [-0.15, -0.1) is 19.2 Å². The van der Waals surface area contributed by atoms with E-state index in [0.29, 0.717) is 17.8 Å². The van der Waals surface area contributed by atoms with E-state index in [-0.39, 0.29) is 28.4 Å². The summed E-state index contributed by atoms with van der Waals surface area (Å²) in [4.78, 5) is 1.09. The summed E-state index contributed by atoms with van der Waals surface area (Å²) in [6.07, 6.45) is 24.2. The Labute approximate surface area is 608 Å². The molecule has 9 rings (SSSR count). The third kappa shape index (κ3) is 26.6. The van der Waals surface area contributed by atoms with E-state index in [2.05, 4.69) is 237 Å². The Morgan fingerprint density at radius 1 is 0.612 bits per heavy atom. The number of aryl methyl sites for hydroxylation is 4. The summed E-state index contributed by atoms with van der Waals surface area (Å²) < 4.78 is 29.1. The second-order valence-electron chi connectivity index (χ2n) is 29.9. The van der Waals surface area contributed by atoms with Crippen molar-refractivity contribution in [3.63, 3.8) is 0 Å². The van der Waals surface area contributed by atoms with Crippen LogP contribution < -0.4 is 10.4 Å². The van der Waals surface area contributed by atoms with Gasteiger partial charge in [-0.05, 0) is 254 Å². The molecule has 0 fully saturated rings. The summed E-state index contributed by atoms with van der Waals surface area (Å²) in [5.74, 6) is 1.85. The van der Waals surface area contributed by atoms with E-state index in [1.807, 2.05) is 81.4 Å². The Morgan fingerprint density at radius 3 is 1.72 bits per heavy atom. The molecule has 0 amide bonds. The van der Waals surface area contributed by atoms with Gasteiger partial charge in [-0.1, -0.05) is 301 Å². The lowest BCUT2D eigenvalue weighted by Gasteiger charge is -2.35. The molecule has 0 aromatic heterocycles. The average Bonchev–Trinajstić information content (AvgIpc) is 1.18. The lowest BCUT2D eigenvalue weighted by Crippen LogP contribution is -2.34. The second kappa shape index (κ2) is 43.8. The maximum atomic E-state index is 14.8. The molecular formula is C95H142F2S. The van der Waals surface area contributed by atoms with Crippen molar-refractivity contribution in [2.75, 3.05) is 0 Å². The minimum atomic E-state index is -0.176. The van der Waals surface area contributed by atoms with Crippen LogP contribution in [0.3, 0.4) is 0 Å². The fourth-order valence-electron chi connectivity index (χ4n) is 14.2. The summed E-state index contributed by atoms with van der Waals surface area (Å²) >= 11 is 4.72. The largest absolute Gasteiger partial charge is 0.207 e. The first kappa shape index (κ1) is 90.2. The highest BCUT2D eigenvalue weighted by Gasteiger charge is 2.32. The Kier molecular flexibility index (Phi) is 40.3. The fourth-order valence-corrected chi connectivity index (χ4v) is 14.5. The molecular weight excluding hydrogens is 1210 g/mol. The van der Waals surface area contributed by atoms with Gasteiger partial charge >= 0.3 is 0 Å². The third-order valence-electron chi connectivity index (χ3n) is 17.8. The predicted molar refractivity (Wildman–Crippen MR) is 447 cm³/mol. The molecule has 0 bridgehead atoms. The molecule has 0 saturated heterocycles. The molecule has 0 aliphatic heterocycles. The van der Waals surface area contributed by atoms with Crippen molar-refractivity contribution < 1.29 is 8.78 Å². The smallest absolute Gasteiger partial charge is 0.123 e. The Morgan fingerprint density at radius 2 is 1.19 bits per heavy atom. The molecule has 3 aliphatic carbocycles. The number of allylic oxidation sites excluding steroid dienone is 8. The van der Waals surface area contributed by atoms with Gasteiger partial charge in [0.1, 0.15) is 11.6 Å². The molecule has 6 aromatic rings. The molecule has 0 nitrogen and oxygen atoms in total. The Hall–Kier alpha value is -5.77. The zero-order chi connectivity index (χ0) is 75.2. The Bertz CT molecular complexity index is 3690. The van der Waals surface area contributed by atoms with Gasteiger partial charge in [0.05, 0.1) is 0 Å². The monoisotopic (exact) mass is 1350 g/mol. The van der Waals surface area contributed by atoms with E-state index in [0.717, 1.165) is 84.0 Å².